The fourth-order valence-corrected chi connectivity index (χ4v) is 3.42. The van der Waals surface area contributed by atoms with Gasteiger partial charge in [0.1, 0.15) is 11.6 Å². The summed E-state index contributed by atoms with van der Waals surface area (Å²) in [5, 5.41) is 10.7. The number of aromatic nitrogens is 2. The van der Waals surface area contributed by atoms with E-state index in [1.165, 1.54) is 11.8 Å². The second kappa shape index (κ2) is 5.72. The van der Waals surface area contributed by atoms with Crippen LogP contribution >= 0.6 is 35.0 Å². The zero-order chi connectivity index (χ0) is 15.0. The van der Waals surface area contributed by atoms with Crippen LogP contribution < -0.4 is 5.56 Å². The van der Waals surface area contributed by atoms with Crippen molar-refractivity contribution in [1.29, 1.82) is 5.26 Å². The molecule has 1 aromatic heterocycles. The van der Waals surface area contributed by atoms with E-state index in [1.54, 1.807) is 22.8 Å². The predicted octanol–water partition coefficient (Wildman–Crippen LogP) is 3.58. The van der Waals surface area contributed by atoms with E-state index in [-0.39, 0.29) is 11.1 Å². The summed E-state index contributed by atoms with van der Waals surface area (Å²) in [4.78, 5) is 16.9. The van der Waals surface area contributed by atoms with Crippen LogP contribution in [0.1, 0.15) is 12.0 Å². The van der Waals surface area contributed by atoms with E-state index in [4.69, 9.17) is 23.2 Å². The van der Waals surface area contributed by atoms with Crippen LogP contribution in [0.3, 0.4) is 0 Å². The first-order valence-corrected chi connectivity index (χ1v) is 7.99. The smallest absolute Gasteiger partial charge is 0.272 e. The van der Waals surface area contributed by atoms with Gasteiger partial charge in [-0.1, -0.05) is 41.0 Å². The molecular formula is C14H9Cl2N3OS. The molecule has 7 heteroatoms. The van der Waals surface area contributed by atoms with Gasteiger partial charge in [-0.3, -0.25) is 9.36 Å². The van der Waals surface area contributed by atoms with E-state index in [0.717, 1.165) is 12.2 Å². The quantitative estimate of drug-likeness (QED) is 0.746. The van der Waals surface area contributed by atoms with Gasteiger partial charge in [0.25, 0.3) is 5.56 Å². The summed E-state index contributed by atoms with van der Waals surface area (Å²) in [6.07, 6.45) is 0.899. The number of hydrogen-bond acceptors (Lipinski definition) is 4. The zero-order valence-corrected chi connectivity index (χ0v) is 13.1. The molecular weight excluding hydrogens is 329 g/mol. The number of rotatable bonds is 1. The Labute approximate surface area is 135 Å². The van der Waals surface area contributed by atoms with Crippen LogP contribution in [0.2, 0.25) is 10.0 Å². The fourth-order valence-electron chi connectivity index (χ4n) is 2.18. The summed E-state index contributed by atoms with van der Waals surface area (Å²) in [5.74, 6) is 0.916. The van der Waals surface area contributed by atoms with Gasteiger partial charge in [-0.2, -0.15) is 5.26 Å². The molecule has 0 unspecified atom stereocenters. The summed E-state index contributed by atoms with van der Waals surface area (Å²) < 4.78 is 1.56. The topological polar surface area (TPSA) is 58.7 Å². The van der Waals surface area contributed by atoms with Crippen molar-refractivity contribution >= 4 is 35.0 Å². The zero-order valence-electron chi connectivity index (χ0n) is 10.8. The summed E-state index contributed by atoms with van der Waals surface area (Å²) in [6.45, 7) is 0.602. The van der Waals surface area contributed by atoms with Crippen molar-refractivity contribution in [3.05, 3.63) is 44.2 Å². The maximum atomic E-state index is 12.4. The molecule has 21 heavy (non-hydrogen) atoms. The minimum Gasteiger partial charge on any atom is -0.286 e. The molecule has 2 heterocycles. The number of thioether (sulfide) groups is 1. The van der Waals surface area contributed by atoms with Crippen molar-refractivity contribution in [3.8, 4) is 17.3 Å². The third-order valence-electron chi connectivity index (χ3n) is 3.20. The van der Waals surface area contributed by atoms with Crippen LogP contribution in [-0.2, 0) is 6.54 Å². The molecule has 0 aliphatic carbocycles. The minimum absolute atomic E-state index is 0.0413. The molecule has 106 valence electrons. The van der Waals surface area contributed by atoms with Gasteiger partial charge in [0.2, 0.25) is 0 Å². The number of benzene rings is 1. The Morgan fingerprint density at radius 2 is 2.14 bits per heavy atom. The Morgan fingerprint density at radius 3 is 2.86 bits per heavy atom. The lowest BCUT2D eigenvalue weighted by atomic mass is 10.1. The minimum atomic E-state index is -0.296. The Kier molecular flexibility index (Phi) is 3.94. The molecule has 0 radical (unpaired) electrons. The highest BCUT2D eigenvalue weighted by Gasteiger charge is 2.20. The first-order chi connectivity index (χ1) is 10.1. The van der Waals surface area contributed by atoms with Gasteiger partial charge in [-0.15, -0.1) is 0 Å². The maximum absolute atomic E-state index is 12.4. The lowest BCUT2D eigenvalue weighted by Gasteiger charge is -2.18. The predicted molar refractivity (Wildman–Crippen MR) is 84.0 cm³/mol. The average Bonchev–Trinajstić information content (AvgIpc) is 2.50. The maximum Gasteiger partial charge on any atom is 0.272 e. The monoisotopic (exact) mass is 337 g/mol. The van der Waals surface area contributed by atoms with Gasteiger partial charge in [0.15, 0.2) is 5.16 Å². The second-order valence-electron chi connectivity index (χ2n) is 4.52. The summed E-state index contributed by atoms with van der Waals surface area (Å²) in [5.41, 5.74) is 0.727. The first-order valence-electron chi connectivity index (χ1n) is 6.25. The van der Waals surface area contributed by atoms with Crippen LogP contribution in [0, 0.1) is 11.3 Å². The molecule has 0 atom stereocenters. The van der Waals surface area contributed by atoms with Crippen molar-refractivity contribution in [2.45, 2.75) is 18.1 Å². The van der Waals surface area contributed by atoms with Crippen LogP contribution in [-0.4, -0.2) is 15.3 Å². The largest absolute Gasteiger partial charge is 0.286 e. The summed E-state index contributed by atoms with van der Waals surface area (Å²) >= 11 is 13.4. The number of halogens is 2. The summed E-state index contributed by atoms with van der Waals surface area (Å²) in [6, 6.07) is 6.93. The molecule has 0 amide bonds. The van der Waals surface area contributed by atoms with E-state index in [1.807, 2.05) is 6.07 Å². The van der Waals surface area contributed by atoms with Gasteiger partial charge in [-0.25, -0.2) is 4.98 Å². The number of nitriles is 1. The molecule has 0 bridgehead atoms. The van der Waals surface area contributed by atoms with Crippen molar-refractivity contribution in [3.63, 3.8) is 0 Å². The molecule has 0 saturated carbocycles. The highest BCUT2D eigenvalue weighted by molar-refractivity contribution is 7.99. The molecule has 0 spiro atoms. The average molecular weight is 338 g/mol. The molecule has 4 nitrogen and oxygen atoms in total. The van der Waals surface area contributed by atoms with Crippen LogP contribution in [0.5, 0.6) is 0 Å². The molecule has 0 saturated heterocycles. The Hall–Kier alpha value is -1.48. The molecule has 1 aromatic carbocycles. The third-order valence-corrected chi connectivity index (χ3v) is 5.00. The van der Waals surface area contributed by atoms with Crippen molar-refractivity contribution in [2.75, 3.05) is 5.75 Å². The second-order valence-corrected chi connectivity index (χ2v) is 6.39. The van der Waals surface area contributed by atoms with E-state index in [2.05, 4.69) is 4.98 Å². The molecule has 3 rings (SSSR count). The van der Waals surface area contributed by atoms with Crippen LogP contribution in [0.25, 0.3) is 11.3 Å². The number of hydrogen-bond donors (Lipinski definition) is 0. The van der Waals surface area contributed by atoms with Crippen molar-refractivity contribution in [1.82, 2.24) is 9.55 Å². The normalized spacial score (nSPS) is 13.6. The van der Waals surface area contributed by atoms with Crippen molar-refractivity contribution in [2.24, 2.45) is 0 Å². The van der Waals surface area contributed by atoms with E-state index >= 15 is 0 Å². The number of fused-ring (bicyclic) bond motifs is 1. The van der Waals surface area contributed by atoms with Gasteiger partial charge >= 0.3 is 0 Å². The standard InChI is InChI=1S/C14H9Cl2N3OS/c15-10-3-2-8(6-11(10)16)12-9(7-17)13(20)19-4-1-5-21-14(19)18-12/h2-3,6H,1,4-5H2. The Bertz CT molecular complexity index is 826. The molecule has 1 aliphatic heterocycles. The van der Waals surface area contributed by atoms with Gasteiger partial charge in [0.05, 0.1) is 15.7 Å². The van der Waals surface area contributed by atoms with E-state index in [9.17, 15) is 10.1 Å². The molecule has 0 fully saturated rings. The Morgan fingerprint density at radius 1 is 1.33 bits per heavy atom. The lowest BCUT2D eigenvalue weighted by Crippen LogP contribution is -2.28. The Balaban J connectivity index is 2.27. The first kappa shape index (κ1) is 14.5. The third kappa shape index (κ3) is 2.55. The van der Waals surface area contributed by atoms with Gasteiger partial charge in [-0.05, 0) is 18.6 Å². The van der Waals surface area contributed by atoms with E-state index in [0.29, 0.717) is 33.0 Å². The molecule has 1 aliphatic rings. The van der Waals surface area contributed by atoms with E-state index < -0.39 is 0 Å². The fraction of sp³-hybridized carbons (Fsp3) is 0.214. The van der Waals surface area contributed by atoms with Crippen LogP contribution in [0.15, 0.2) is 28.2 Å². The van der Waals surface area contributed by atoms with Crippen LogP contribution in [0.4, 0.5) is 0 Å². The number of nitrogens with zero attached hydrogens (tertiary/aromatic N) is 3. The SMILES string of the molecule is N#Cc1c(-c2ccc(Cl)c(Cl)c2)nc2n(c1=O)CCCS2. The van der Waals surface area contributed by atoms with Gasteiger partial charge in [0, 0.05) is 17.9 Å². The highest BCUT2D eigenvalue weighted by Crippen LogP contribution is 2.30. The highest BCUT2D eigenvalue weighted by atomic mass is 35.5. The van der Waals surface area contributed by atoms with Gasteiger partial charge < -0.3 is 0 Å². The molecule has 2 aromatic rings. The molecule has 0 N–H and O–H groups in total. The summed E-state index contributed by atoms with van der Waals surface area (Å²) in [7, 11) is 0. The lowest BCUT2D eigenvalue weighted by molar-refractivity contribution is 0.562. The van der Waals surface area contributed by atoms with Crippen molar-refractivity contribution < 1.29 is 0 Å².